The first kappa shape index (κ1) is 9.21. The van der Waals surface area contributed by atoms with Gasteiger partial charge in [0.1, 0.15) is 10.3 Å². The van der Waals surface area contributed by atoms with Crippen molar-refractivity contribution in [3.63, 3.8) is 0 Å². The summed E-state index contributed by atoms with van der Waals surface area (Å²) < 4.78 is 2.46. The highest BCUT2D eigenvalue weighted by atomic mass is 79.9. The second-order valence-corrected chi connectivity index (χ2v) is 3.80. The lowest BCUT2D eigenvalue weighted by Gasteiger charge is -2.01. The predicted molar refractivity (Wildman–Crippen MR) is 54.6 cm³/mol. The summed E-state index contributed by atoms with van der Waals surface area (Å²) in [6, 6.07) is 1.61. The maximum atomic E-state index is 10.8. The van der Waals surface area contributed by atoms with Crippen molar-refractivity contribution in [3.05, 3.63) is 34.2 Å². The quantitative estimate of drug-likeness (QED) is 0.848. The first-order valence-electron chi connectivity index (χ1n) is 3.96. The first-order chi connectivity index (χ1) is 6.59. The number of carbonyl (C=O) groups is 1. The Kier molecular flexibility index (Phi) is 2.03. The van der Waals surface area contributed by atoms with Crippen LogP contribution in [0.25, 0.3) is 5.65 Å². The molecule has 0 unspecified atom stereocenters. The van der Waals surface area contributed by atoms with E-state index in [4.69, 9.17) is 5.11 Å². The van der Waals surface area contributed by atoms with Gasteiger partial charge >= 0.3 is 5.97 Å². The topological polar surface area (TPSA) is 54.6 Å². The molecule has 0 aliphatic carbocycles. The lowest BCUT2D eigenvalue weighted by molar-refractivity contribution is 0.0696. The number of fused-ring (bicyclic) bond motifs is 1. The van der Waals surface area contributed by atoms with Gasteiger partial charge in [-0.25, -0.2) is 9.78 Å². The molecule has 0 aromatic carbocycles. The Labute approximate surface area is 88.3 Å². The summed E-state index contributed by atoms with van der Waals surface area (Å²) >= 11 is 3.29. The molecule has 14 heavy (non-hydrogen) atoms. The Morgan fingerprint density at radius 3 is 3.00 bits per heavy atom. The Morgan fingerprint density at radius 1 is 1.64 bits per heavy atom. The summed E-state index contributed by atoms with van der Waals surface area (Å²) in [6.07, 6.45) is 3.19. The van der Waals surface area contributed by atoms with Crippen molar-refractivity contribution in [1.29, 1.82) is 0 Å². The van der Waals surface area contributed by atoms with E-state index in [1.54, 1.807) is 22.9 Å². The summed E-state index contributed by atoms with van der Waals surface area (Å²) in [4.78, 5) is 14.9. The third-order valence-corrected chi connectivity index (χ3v) is 2.58. The van der Waals surface area contributed by atoms with Crippen LogP contribution in [0.3, 0.4) is 0 Å². The van der Waals surface area contributed by atoms with Crippen LogP contribution in [0.15, 0.2) is 23.1 Å². The molecule has 2 heterocycles. The van der Waals surface area contributed by atoms with Gasteiger partial charge in [-0.2, -0.15) is 0 Å². The Morgan fingerprint density at radius 2 is 2.36 bits per heavy atom. The largest absolute Gasteiger partial charge is 0.478 e. The van der Waals surface area contributed by atoms with E-state index in [0.29, 0.717) is 0 Å². The molecular weight excluding hydrogens is 248 g/mol. The van der Waals surface area contributed by atoms with E-state index in [1.165, 1.54) is 0 Å². The van der Waals surface area contributed by atoms with Crippen LogP contribution in [0.5, 0.6) is 0 Å². The van der Waals surface area contributed by atoms with Crippen LogP contribution in [0.1, 0.15) is 15.9 Å². The minimum absolute atomic E-state index is 0.258. The highest BCUT2D eigenvalue weighted by molar-refractivity contribution is 9.10. The molecule has 72 valence electrons. The molecular formula is C9H7BrN2O2. The van der Waals surface area contributed by atoms with E-state index in [-0.39, 0.29) is 5.56 Å². The fraction of sp³-hybridized carbons (Fsp3) is 0.111. The molecule has 2 aromatic rings. The van der Waals surface area contributed by atoms with E-state index in [2.05, 4.69) is 20.9 Å². The summed E-state index contributed by atoms with van der Waals surface area (Å²) in [7, 11) is 0. The van der Waals surface area contributed by atoms with Gasteiger partial charge < -0.3 is 5.11 Å². The van der Waals surface area contributed by atoms with Gasteiger partial charge in [0.15, 0.2) is 0 Å². The average Bonchev–Trinajstić information content (AvgIpc) is 2.48. The maximum Gasteiger partial charge on any atom is 0.337 e. The predicted octanol–water partition coefficient (Wildman–Crippen LogP) is 2.10. The van der Waals surface area contributed by atoms with Gasteiger partial charge in [-0.05, 0) is 34.5 Å². The highest BCUT2D eigenvalue weighted by Crippen LogP contribution is 2.17. The van der Waals surface area contributed by atoms with Crippen LogP contribution < -0.4 is 0 Å². The zero-order chi connectivity index (χ0) is 10.3. The maximum absolute atomic E-state index is 10.8. The molecule has 0 spiro atoms. The van der Waals surface area contributed by atoms with Crippen molar-refractivity contribution < 1.29 is 9.90 Å². The minimum atomic E-state index is -0.935. The molecule has 0 atom stereocenters. The number of hydrogen-bond acceptors (Lipinski definition) is 2. The van der Waals surface area contributed by atoms with Crippen molar-refractivity contribution in [1.82, 2.24) is 9.38 Å². The molecule has 0 amide bonds. The highest BCUT2D eigenvalue weighted by Gasteiger charge is 2.09. The minimum Gasteiger partial charge on any atom is -0.478 e. The molecule has 2 aromatic heterocycles. The van der Waals surface area contributed by atoms with Gasteiger partial charge in [-0.3, -0.25) is 4.40 Å². The van der Waals surface area contributed by atoms with Gasteiger partial charge in [-0.1, -0.05) is 0 Å². The molecule has 4 nitrogen and oxygen atoms in total. The second-order valence-electron chi connectivity index (χ2n) is 2.99. The third kappa shape index (κ3) is 1.29. The van der Waals surface area contributed by atoms with Crippen LogP contribution in [0, 0.1) is 6.92 Å². The third-order valence-electron chi connectivity index (χ3n) is 1.99. The molecule has 0 saturated heterocycles. The number of aromatic carboxylic acids is 1. The summed E-state index contributed by atoms with van der Waals surface area (Å²) in [5.41, 5.74) is 1.87. The van der Waals surface area contributed by atoms with Crippen LogP contribution in [-0.4, -0.2) is 20.5 Å². The smallest absolute Gasteiger partial charge is 0.337 e. The average molecular weight is 255 g/mol. The number of carboxylic acid groups (broad SMARTS) is 1. The second kappa shape index (κ2) is 3.09. The van der Waals surface area contributed by atoms with Crippen molar-refractivity contribution in [2.24, 2.45) is 0 Å². The molecule has 2 rings (SSSR count). The lowest BCUT2D eigenvalue weighted by Crippen LogP contribution is -2.00. The van der Waals surface area contributed by atoms with E-state index in [0.717, 1.165) is 15.8 Å². The molecule has 5 heteroatoms. The Hall–Kier alpha value is -1.36. The van der Waals surface area contributed by atoms with Crippen LogP contribution in [0.2, 0.25) is 0 Å². The van der Waals surface area contributed by atoms with Gasteiger partial charge in [0.05, 0.1) is 11.8 Å². The number of nitrogens with zero attached hydrogens (tertiary/aromatic N) is 2. The summed E-state index contributed by atoms with van der Waals surface area (Å²) in [5, 5.41) is 8.85. The van der Waals surface area contributed by atoms with E-state index < -0.39 is 5.97 Å². The molecule has 0 bridgehead atoms. The van der Waals surface area contributed by atoms with Crippen molar-refractivity contribution in [2.45, 2.75) is 6.92 Å². The van der Waals surface area contributed by atoms with Gasteiger partial charge in [0.2, 0.25) is 0 Å². The zero-order valence-corrected chi connectivity index (χ0v) is 8.95. The van der Waals surface area contributed by atoms with E-state index >= 15 is 0 Å². The number of imidazole rings is 1. The Balaban J connectivity index is 2.82. The molecule has 0 fully saturated rings. The van der Waals surface area contributed by atoms with Gasteiger partial charge in [0.25, 0.3) is 0 Å². The summed E-state index contributed by atoms with van der Waals surface area (Å²) in [6.45, 7) is 1.83. The number of carboxylic acids is 1. The van der Waals surface area contributed by atoms with Crippen LogP contribution >= 0.6 is 15.9 Å². The lowest BCUT2D eigenvalue weighted by atomic mass is 10.2. The molecule has 0 saturated carbocycles. The number of halogens is 1. The number of aryl methyl sites for hydroxylation is 1. The SMILES string of the molecule is Cc1cc(C(=O)O)cn2c(Br)cnc12. The zero-order valence-electron chi connectivity index (χ0n) is 7.36. The summed E-state index contributed by atoms with van der Waals surface area (Å²) in [5.74, 6) is -0.935. The molecule has 0 aliphatic rings. The van der Waals surface area contributed by atoms with Crippen LogP contribution in [-0.2, 0) is 0 Å². The van der Waals surface area contributed by atoms with Gasteiger partial charge in [0, 0.05) is 6.20 Å². The fourth-order valence-corrected chi connectivity index (χ4v) is 1.72. The standard InChI is InChI=1S/C9H7BrN2O2/c1-5-2-6(9(13)14)4-12-7(10)3-11-8(5)12/h2-4H,1H3,(H,13,14). The number of aromatic nitrogens is 2. The van der Waals surface area contributed by atoms with E-state index in [1.807, 2.05) is 6.92 Å². The van der Waals surface area contributed by atoms with Crippen molar-refractivity contribution in [3.8, 4) is 0 Å². The normalized spacial score (nSPS) is 10.7. The molecule has 0 radical (unpaired) electrons. The molecule has 1 N–H and O–H groups in total. The monoisotopic (exact) mass is 254 g/mol. The van der Waals surface area contributed by atoms with Crippen molar-refractivity contribution in [2.75, 3.05) is 0 Å². The first-order valence-corrected chi connectivity index (χ1v) is 4.75. The van der Waals surface area contributed by atoms with Gasteiger partial charge in [-0.15, -0.1) is 0 Å². The van der Waals surface area contributed by atoms with Crippen molar-refractivity contribution >= 4 is 27.5 Å². The fourth-order valence-electron chi connectivity index (χ4n) is 1.35. The number of rotatable bonds is 1. The van der Waals surface area contributed by atoms with Crippen LogP contribution in [0.4, 0.5) is 0 Å². The number of hydrogen-bond donors (Lipinski definition) is 1. The number of pyridine rings is 1. The molecule has 0 aliphatic heterocycles. The van der Waals surface area contributed by atoms with E-state index in [9.17, 15) is 4.79 Å². The Bertz CT molecular complexity index is 519.